The Morgan fingerprint density at radius 2 is 1.42 bits per heavy atom. The van der Waals surface area contributed by atoms with Crippen LogP contribution in [-0.2, 0) is 23.8 Å². The highest BCUT2D eigenvalue weighted by Gasteiger charge is 2.19. The SMILES string of the molecule is C=C(C)C(=O)OC(C)CCCCC(C)(C)COCC(C)OC(=O)C(=C)C. The lowest BCUT2D eigenvalue weighted by Crippen LogP contribution is -2.25. The van der Waals surface area contributed by atoms with Crippen molar-refractivity contribution in [1.29, 1.82) is 0 Å². The van der Waals surface area contributed by atoms with Crippen LogP contribution in [0.25, 0.3) is 0 Å². The number of esters is 2. The first-order valence-corrected chi connectivity index (χ1v) is 9.25. The number of rotatable bonds is 13. The molecule has 0 bridgehead atoms. The highest BCUT2D eigenvalue weighted by Crippen LogP contribution is 2.24. The molecule has 0 N–H and O–H groups in total. The van der Waals surface area contributed by atoms with Crippen LogP contribution in [0, 0.1) is 5.41 Å². The van der Waals surface area contributed by atoms with E-state index in [4.69, 9.17) is 14.2 Å². The van der Waals surface area contributed by atoms with Crippen molar-refractivity contribution in [2.75, 3.05) is 13.2 Å². The molecule has 5 heteroatoms. The van der Waals surface area contributed by atoms with E-state index in [1.807, 2.05) is 13.8 Å². The second-order valence-electron chi connectivity index (χ2n) is 7.92. The monoisotopic (exact) mass is 368 g/mol. The van der Waals surface area contributed by atoms with Crippen LogP contribution in [0.1, 0.15) is 67.2 Å². The summed E-state index contributed by atoms with van der Waals surface area (Å²) in [6.07, 6.45) is 3.48. The van der Waals surface area contributed by atoms with Gasteiger partial charge in [0.05, 0.1) is 19.3 Å². The fraction of sp³-hybridized carbons (Fsp3) is 0.714. The van der Waals surface area contributed by atoms with Crippen molar-refractivity contribution in [3.8, 4) is 0 Å². The largest absolute Gasteiger partial charge is 0.459 e. The minimum atomic E-state index is -0.387. The Kier molecular flexibility index (Phi) is 11.2. The number of ether oxygens (including phenoxy) is 3. The molecule has 0 saturated carbocycles. The first-order chi connectivity index (χ1) is 11.9. The van der Waals surface area contributed by atoms with Gasteiger partial charge in [0, 0.05) is 11.1 Å². The van der Waals surface area contributed by atoms with Crippen LogP contribution in [-0.4, -0.2) is 37.4 Å². The molecule has 0 rings (SSSR count). The molecule has 0 heterocycles. The molecule has 0 spiro atoms. The summed E-state index contributed by atoms with van der Waals surface area (Å²) in [4.78, 5) is 22.9. The van der Waals surface area contributed by atoms with Crippen molar-refractivity contribution < 1.29 is 23.8 Å². The summed E-state index contributed by atoms with van der Waals surface area (Å²) >= 11 is 0. The molecule has 0 aliphatic rings. The molecular formula is C21H36O5. The molecule has 0 aliphatic carbocycles. The maximum atomic E-state index is 11.4. The van der Waals surface area contributed by atoms with Crippen LogP contribution in [0.2, 0.25) is 0 Å². The van der Waals surface area contributed by atoms with Crippen molar-refractivity contribution >= 4 is 11.9 Å². The Morgan fingerprint density at radius 3 is 1.92 bits per heavy atom. The topological polar surface area (TPSA) is 61.8 Å². The van der Waals surface area contributed by atoms with E-state index in [-0.39, 0.29) is 29.6 Å². The summed E-state index contributed by atoms with van der Waals surface area (Å²) in [5, 5.41) is 0. The van der Waals surface area contributed by atoms with E-state index in [0.717, 1.165) is 25.7 Å². The molecule has 0 aliphatic heterocycles. The van der Waals surface area contributed by atoms with Crippen molar-refractivity contribution in [2.45, 2.75) is 79.4 Å². The molecule has 26 heavy (non-hydrogen) atoms. The van der Waals surface area contributed by atoms with Crippen molar-refractivity contribution in [3.63, 3.8) is 0 Å². The van der Waals surface area contributed by atoms with Crippen molar-refractivity contribution in [2.24, 2.45) is 5.41 Å². The average Bonchev–Trinajstić information content (AvgIpc) is 2.51. The average molecular weight is 369 g/mol. The minimum absolute atomic E-state index is 0.0374. The van der Waals surface area contributed by atoms with Gasteiger partial charge in [0.2, 0.25) is 0 Å². The maximum absolute atomic E-state index is 11.4. The van der Waals surface area contributed by atoms with Crippen LogP contribution < -0.4 is 0 Å². The second-order valence-corrected chi connectivity index (χ2v) is 7.92. The van der Waals surface area contributed by atoms with Gasteiger partial charge < -0.3 is 14.2 Å². The van der Waals surface area contributed by atoms with Crippen molar-refractivity contribution in [3.05, 3.63) is 24.3 Å². The van der Waals surface area contributed by atoms with Gasteiger partial charge in [-0.05, 0) is 52.4 Å². The highest BCUT2D eigenvalue weighted by molar-refractivity contribution is 5.87. The normalized spacial score (nSPS) is 13.6. The fourth-order valence-electron chi connectivity index (χ4n) is 2.27. The quantitative estimate of drug-likeness (QED) is 0.270. The third-order valence-electron chi connectivity index (χ3n) is 3.87. The van der Waals surface area contributed by atoms with Gasteiger partial charge in [-0.2, -0.15) is 0 Å². The van der Waals surface area contributed by atoms with E-state index in [1.165, 1.54) is 0 Å². The molecular weight excluding hydrogens is 332 g/mol. The van der Waals surface area contributed by atoms with Gasteiger partial charge in [0.15, 0.2) is 0 Å². The second kappa shape index (κ2) is 11.9. The molecule has 2 unspecified atom stereocenters. The predicted octanol–water partition coefficient (Wildman–Crippen LogP) is 4.61. The van der Waals surface area contributed by atoms with Gasteiger partial charge in [-0.3, -0.25) is 0 Å². The predicted molar refractivity (Wildman–Crippen MR) is 104 cm³/mol. The molecule has 0 saturated heterocycles. The zero-order chi connectivity index (χ0) is 20.3. The standard InChI is InChI=1S/C21H36O5/c1-15(2)19(22)25-17(5)11-9-10-12-21(7,8)14-24-13-18(6)26-20(23)16(3)4/h17-18H,1,3,9-14H2,2,4-8H3. The third kappa shape index (κ3) is 11.9. The van der Waals surface area contributed by atoms with E-state index in [0.29, 0.717) is 24.4 Å². The molecule has 2 atom stereocenters. The minimum Gasteiger partial charge on any atom is -0.459 e. The smallest absolute Gasteiger partial charge is 0.333 e. The third-order valence-corrected chi connectivity index (χ3v) is 3.87. The number of carbonyl (C=O) groups is 2. The zero-order valence-corrected chi connectivity index (χ0v) is 17.4. The summed E-state index contributed by atoms with van der Waals surface area (Å²) in [5.74, 6) is -0.713. The number of hydrogen-bond donors (Lipinski definition) is 0. The van der Waals surface area contributed by atoms with E-state index >= 15 is 0 Å². The van der Waals surface area contributed by atoms with E-state index in [2.05, 4.69) is 27.0 Å². The first-order valence-electron chi connectivity index (χ1n) is 9.25. The summed E-state index contributed by atoms with van der Waals surface area (Å²) in [5.41, 5.74) is 0.856. The summed E-state index contributed by atoms with van der Waals surface area (Å²) in [7, 11) is 0. The lowest BCUT2D eigenvalue weighted by Gasteiger charge is -2.25. The Labute approximate surface area is 158 Å². The molecule has 0 aromatic heterocycles. The fourth-order valence-corrected chi connectivity index (χ4v) is 2.27. The number of carbonyl (C=O) groups excluding carboxylic acids is 2. The van der Waals surface area contributed by atoms with Crippen LogP contribution in [0.5, 0.6) is 0 Å². The van der Waals surface area contributed by atoms with Gasteiger partial charge in [-0.15, -0.1) is 0 Å². The summed E-state index contributed by atoms with van der Waals surface area (Å²) in [6.45, 7) is 19.4. The van der Waals surface area contributed by atoms with Gasteiger partial charge >= 0.3 is 11.9 Å². The van der Waals surface area contributed by atoms with E-state index < -0.39 is 0 Å². The molecule has 150 valence electrons. The highest BCUT2D eigenvalue weighted by atomic mass is 16.6. The molecule has 0 fully saturated rings. The molecule has 0 aromatic rings. The maximum Gasteiger partial charge on any atom is 0.333 e. The number of unbranched alkanes of at least 4 members (excludes halogenated alkanes) is 1. The van der Waals surface area contributed by atoms with Gasteiger partial charge in [-0.1, -0.05) is 33.4 Å². The Hall–Kier alpha value is -1.62. The van der Waals surface area contributed by atoms with E-state index in [9.17, 15) is 9.59 Å². The van der Waals surface area contributed by atoms with Gasteiger partial charge in [0.1, 0.15) is 6.10 Å². The van der Waals surface area contributed by atoms with Gasteiger partial charge in [-0.25, -0.2) is 9.59 Å². The van der Waals surface area contributed by atoms with E-state index in [1.54, 1.807) is 13.8 Å². The molecule has 0 radical (unpaired) electrons. The van der Waals surface area contributed by atoms with Crippen LogP contribution in [0.3, 0.4) is 0 Å². The zero-order valence-electron chi connectivity index (χ0n) is 17.4. The van der Waals surface area contributed by atoms with Gasteiger partial charge in [0.25, 0.3) is 0 Å². The lowest BCUT2D eigenvalue weighted by atomic mass is 9.87. The van der Waals surface area contributed by atoms with Crippen LogP contribution >= 0.6 is 0 Å². The van der Waals surface area contributed by atoms with Crippen LogP contribution in [0.15, 0.2) is 24.3 Å². The first kappa shape index (κ1) is 24.4. The Bertz CT molecular complexity index is 493. The lowest BCUT2D eigenvalue weighted by molar-refractivity contribution is -0.147. The van der Waals surface area contributed by atoms with Crippen LogP contribution in [0.4, 0.5) is 0 Å². The van der Waals surface area contributed by atoms with Crippen molar-refractivity contribution in [1.82, 2.24) is 0 Å². The Balaban J connectivity index is 3.94. The molecule has 0 amide bonds. The summed E-state index contributed by atoms with van der Waals surface area (Å²) < 4.78 is 16.2. The molecule has 0 aromatic carbocycles. The summed E-state index contributed by atoms with van der Waals surface area (Å²) in [6, 6.07) is 0. The molecule has 5 nitrogen and oxygen atoms in total. The Morgan fingerprint density at radius 1 is 0.923 bits per heavy atom. The number of hydrogen-bond acceptors (Lipinski definition) is 5.